The van der Waals surface area contributed by atoms with E-state index in [-0.39, 0.29) is 40.6 Å². The fraction of sp³-hybridized carbons (Fsp3) is 0.933. The van der Waals surface area contributed by atoms with E-state index in [0.29, 0.717) is 42.9 Å². The van der Waals surface area contributed by atoms with Gasteiger partial charge in [-0.1, -0.05) is 34.6 Å². The van der Waals surface area contributed by atoms with Crippen molar-refractivity contribution in [3.05, 3.63) is 0 Å². The third kappa shape index (κ3) is 5.21. The van der Waals surface area contributed by atoms with Gasteiger partial charge in [0.1, 0.15) is 6.04 Å². The Morgan fingerprint density at radius 2 is 1.54 bits per heavy atom. The van der Waals surface area contributed by atoms with E-state index in [9.17, 15) is 30.0 Å². The van der Waals surface area contributed by atoms with Gasteiger partial charge >= 0.3 is 5.97 Å². The molecule has 0 bridgehead atoms. The van der Waals surface area contributed by atoms with Crippen molar-refractivity contribution in [2.24, 2.45) is 52.3 Å². The van der Waals surface area contributed by atoms with Gasteiger partial charge in [0.05, 0.1) is 18.3 Å². The predicted molar refractivity (Wildman–Crippen MR) is 141 cm³/mol. The number of rotatable bonds is 8. The zero-order chi connectivity index (χ0) is 27.3. The molecular weight excluding hydrogens is 470 g/mol. The normalized spacial score (nSPS) is 44.9. The van der Waals surface area contributed by atoms with Crippen LogP contribution in [0.4, 0.5) is 0 Å². The molecule has 5 N–H and O–H groups in total. The molecule has 212 valence electrons. The highest BCUT2D eigenvalue weighted by atomic mass is 16.4. The summed E-state index contributed by atoms with van der Waals surface area (Å²) in [6.45, 7) is 10.8. The van der Waals surface area contributed by atoms with Crippen LogP contribution >= 0.6 is 0 Å². The average Bonchev–Trinajstić information content (AvgIpc) is 3.18. The number of carboxylic acid groups (broad SMARTS) is 1. The number of hydrogen-bond donors (Lipinski definition) is 5. The summed E-state index contributed by atoms with van der Waals surface area (Å²) >= 11 is 0. The Bertz CT molecular complexity index is 848. The van der Waals surface area contributed by atoms with E-state index in [0.717, 1.165) is 44.9 Å². The minimum atomic E-state index is -0.977. The molecule has 4 fully saturated rings. The summed E-state index contributed by atoms with van der Waals surface area (Å²) in [6, 6.07) is -0.836. The van der Waals surface area contributed by atoms with Gasteiger partial charge in [0, 0.05) is 6.42 Å². The maximum Gasteiger partial charge on any atom is 0.326 e. The van der Waals surface area contributed by atoms with Crippen LogP contribution < -0.4 is 5.32 Å². The molecule has 0 spiro atoms. The summed E-state index contributed by atoms with van der Waals surface area (Å²) in [4.78, 5) is 24.2. The molecule has 0 aliphatic heterocycles. The number of carbonyl (C=O) groups is 2. The first kappa shape index (κ1) is 28.8. The molecule has 0 saturated heterocycles. The van der Waals surface area contributed by atoms with E-state index < -0.39 is 24.2 Å². The van der Waals surface area contributed by atoms with Crippen molar-refractivity contribution >= 4 is 11.9 Å². The van der Waals surface area contributed by atoms with Crippen LogP contribution in [0.2, 0.25) is 0 Å². The van der Waals surface area contributed by atoms with Crippen LogP contribution in [0.15, 0.2) is 0 Å². The molecule has 0 aromatic heterocycles. The first-order chi connectivity index (χ1) is 17.3. The lowest BCUT2D eigenvalue weighted by molar-refractivity contribution is -0.223. The second kappa shape index (κ2) is 10.8. The number of aliphatic hydroxyl groups excluding tert-OH is 3. The van der Waals surface area contributed by atoms with Crippen molar-refractivity contribution in [2.45, 2.75) is 123 Å². The summed E-state index contributed by atoms with van der Waals surface area (Å²) < 4.78 is 0. The molecule has 0 unspecified atom stereocenters. The van der Waals surface area contributed by atoms with Crippen molar-refractivity contribution in [1.82, 2.24) is 5.32 Å². The average molecular weight is 522 g/mol. The maximum atomic E-state index is 12.6. The number of carboxylic acids is 1. The standard InChI is InChI=1S/C30H51NO6/c1-16(2)14-23(28(36)37)31-24(33)9-6-17(3)19-7-8-20-25-21(11-13-29(19,20)4)30(5)12-10-18(32)15-22(30)26(34)27(25)35/h16-23,25-27,32,34-35H,6-15H2,1-5H3,(H,31,33)(H,36,37)/t17-,18-,19-,20+,21+,22+,23+,25+,26-,27+,29-,30-/m1/s1. The quantitative estimate of drug-likeness (QED) is 0.329. The van der Waals surface area contributed by atoms with Gasteiger partial charge in [-0.05, 0) is 110 Å². The highest BCUT2D eigenvalue weighted by Gasteiger charge is 2.65. The minimum absolute atomic E-state index is 0.0394. The second-order valence-corrected chi connectivity index (χ2v) is 14.1. The van der Waals surface area contributed by atoms with Gasteiger partial charge in [-0.2, -0.15) is 0 Å². The van der Waals surface area contributed by atoms with Crippen LogP contribution in [0.3, 0.4) is 0 Å². The molecule has 0 radical (unpaired) electrons. The van der Waals surface area contributed by atoms with Crippen LogP contribution in [0.1, 0.15) is 98.8 Å². The molecule has 37 heavy (non-hydrogen) atoms. The zero-order valence-electron chi connectivity index (χ0n) is 23.5. The number of aliphatic hydroxyl groups is 3. The highest BCUT2D eigenvalue weighted by molar-refractivity contribution is 5.83. The number of aliphatic carboxylic acids is 1. The Kier molecular flexibility index (Phi) is 8.39. The van der Waals surface area contributed by atoms with Crippen LogP contribution in [0.5, 0.6) is 0 Å². The van der Waals surface area contributed by atoms with Crippen LogP contribution in [0.25, 0.3) is 0 Å². The Hall–Kier alpha value is -1.18. The number of nitrogens with one attached hydrogen (secondary N) is 1. The Labute approximate surface area is 222 Å². The van der Waals surface area contributed by atoms with Crippen LogP contribution in [-0.4, -0.2) is 56.7 Å². The van der Waals surface area contributed by atoms with E-state index in [1.807, 2.05) is 13.8 Å². The first-order valence-electron chi connectivity index (χ1n) is 14.9. The van der Waals surface area contributed by atoms with Crippen molar-refractivity contribution in [2.75, 3.05) is 0 Å². The monoisotopic (exact) mass is 521 g/mol. The second-order valence-electron chi connectivity index (χ2n) is 14.1. The topological polar surface area (TPSA) is 127 Å². The molecule has 1 amide bonds. The summed E-state index contributed by atoms with van der Waals surface area (Å²) in [5.74, 6) is 0.553. The lowest BCUT2D eigenvalue weighted by Crippen LogP contribution is -2.64. The van der Waals surface area contributed by atoms with Gasteiger partial charge in [-0.15, -0.1) is 0 Å². The van der Waals surface area contributed by atoms with Gasteiger partial charge in [-0.25, -0.2) is 4.79 Å². The zero-order valence-corrected chi connectivity index (χ0v) is 23.5. The molecular formula is C30H51NO6. The summed E-state index contributed by atoms with van der Waals surface area (Å²) in [7, 11) is 0. The lowest BCUT2D eigenvalue weighted by atomic mass is 9.43. The van der Waals surface area contributed by atoms with Crippen LogP contribution in [-0.2, 0) is 9.59 Å². The van der Waals surface area contributed by atoms with Gasteiger partial charge in [0.2, 0.25) is 5.91 Å². The van der Waals surface area contributed by atoms with Crippen molar-refractivity contribution in [1.29, 1.82) is 0 Å². The number of hydrogen-bond acceptors (Lipinski definition) is 5. The van der Waals surface area contributed by atoms with Crippen molar-refractivity contribution < 1.29 is 30.0 Å². The number of amides is 1. The van der Waals surface area contributed by atoms with E-state index in [1.54, 1.807) is 0 Å². The molecule has 4 aliphatic rings. The fourth-order valence-corrected chi connectivity index (χ4v) is 9.73. The van der Waals surface area contributed by atoms with Crippen molar-refractivity contribution in [3.63, 3.8) is 0 Å². The maximum absolute atomic E-state index is 12.6. The van der Waals surface area contributed by atoms with Crippen LogP contribution in [0, 0.1) is 52.3 Å². The van der Waals surface area contributed by atoms with Crippen molar-refractivity contribution in [3.8, 4) is 0 Å². The minimum Gasteiger partial charge on any atom is -0.480 e. The number of fused-ring (bicyclic) bond motifs is 5. The molecule has 0 aromatic rings. The molecule has 4 saturated carbocycles. The van der Waals surface area contributed by atoms with E-state index in [4.69, 9.17) is 0 Å². The molecule has 7 nitrogen and oxygen atoms in total. The molecule has 4 rings (SSSR count). The molecule has 0 aromatic carbocycles. The van der Waals surface area contributed by atoms with Gasteiger partial charge < -0.3 is 25.7 Å². The SMILES string of the molecule is CC(C)C[C@H](NC(=O)CC[C@@H](C)[C@H]1CC[C@H]2[C@@H]3[C@H](O)[C@H](O)[C@@H]4C[C@H](O)CC[C@]4(C)[C@H]3CC[C@]12C)C(=O)O. The molecule has 4 aliphatic carbocycles. The van der Waals surface area contributed by atoms with Gasteiger partial charge in [0.25, 0.3) is 0 Å². The first-order valence-corrected chi connectivity index (χ1v) is 14.9. The lowest BCUT2D eigenvalue weighted by Gasteiger charge is -2.63. The third-order valence-electron chi connectivity index (χ3n) is 11.7. The van der Waals surface area contributed by atoms with E-state index >= 15 is 0 Å². The summed E-state index contributed by atoms with van der Waals surface area (Å²) in [5.41, 5.74) is 0.0265. The molecule has 7 heteroatoms. The predicted octanol–water partition coefficient (Wildman–Crippen LogP) is 3.98. The smallest absolute Gasteiger partial charge is 0.326 e. The largest absolute Gasteiger partial charge is 0.480 e. The molecule has 0 heterocycles. The van der Waals surface area contributed by atoms with Gasteiger partial charge in [-0.3, -0.25) is 4.79 Å². The Balaban J connectivity index is 1.42. The Morgan fingerprint density at radius 1 is 0.892 bits per heavy atom. The van der Waals surface area contributed by atoms with Gasteiger partial charge in [0.15, 0.2) is 0 Å². The fourth-order valence-electron chi connectivity index (χ4n) is 9.73. The third-order valence-corrected chi connectivity index (χ3v) is 11.7. The Morgan fingerprint density at radius 3 is 2.19 bits per heavy atom. The highest BCUT2D eigenvalue weighted by Crippen LogP contribution is 2.68. The molecule has 12 atom stereocenters. The number of carbonyl (C=O) groups excluding carboxylic acids is 1. The summed E-state index contributed by atoms with van der Waals surface area (Å²) in [6.07, 6.45) is 6.11. The summed E-state index contributed by atoms with van der Waals surface area (Å²) in [5, 5.41) is 45.2. The van der Waals surface area contributed by atoms with E-state index in [2.05, 4.69) is 26.1 Å². The van der Waals surface area contributed by atoms with E-state index in [1.165, 1.54) is 0 Å².